The van der Waals surface area contributed by atoms with E-state index in [4.69, 9.17) is 0 Å². The Morgan fingerprint density at radius 1 is 1.53 bits per heavy atom. The summed E-state index contributed by atoms with van der Waals surface area (Å²) in [5.41, 5.74) is 1.52. The zero-order valence-corrected chi connectivity index (χ0v) is 8.48. The van der Waals surface area contributed by atoms with Crippen LogP contribution in [-0.4, -0.2) is 19.7 Å². The number of H-pyrrole nitrogens is 1. The van der Waals surface area contributed by atoms with E-state index in [0.29, 0.717) is 5.82 Å². The number of aromatic nitrogens is 4. The Kier molecular flexibility index (Phi) is 2.24. The summed E-state index contributed by atoms with van der Waals surface area (Å²) in [6, 6.07) is 1.40. The third-order valence-corrected chi connectivity index (χ3v) is 1.95. The number of hydrogen-bond acceptors (Lipinski definition) is 4. The third kappa shape index (κ3) is 2.04. The molecule has 0 aliphatic heterocycles. The Morgan fingerprint density at radius 2 is 2.33 bits per heavy atom. The first-order valence-electron chi connectivity index (χ1n) is 4.47. The van der Waals surface area contributed by atoms with Crippen molar-refractivity contribution in [1.29, 1.82) is 0 Å². The highest BCUT2D eigenvalue weighted by Gasteiger charge is 2.03. The van der Waals surface area contributed by atoms with Gasteiger partial charge in [0.1, 0.15) is 5.82 Å². The first kappa shape index (κ1) is 9.45. The van der Waals surface area contributed by atoms with Crippen molar-refractivity contribution >= 4 is 11.5 Å². The summed E-state index contributed by atoms with van der Waals surface area (Å²) in [4.78, 5) is 17.4. The van der Waals surface area contributed by atoms with Crippen LogP contribution in [0, 0.1) is 6.92 Å². The topological polar surface area (TPSA) is 75.6 Å². The molecule has 0 radical (unpaired) electrons. The van der Waals surface area contributed by atoms with Crippen molar-refractivity contribution in [1.82, 2.24) is 19.7 Å². The lowest BCUT2D eigenvalue weighted by atomic mass is 10.4. The summed E-state index contributed by atoms with van der Waals surface area (Å²) < 4.78 is 1.70. The van der Waals surface area contributed by atoms with Crippen LogP contribution in [0.1, 0.15) is 5.69 Å². The van der Waals surface area contributed by atoms with Crippen molar-refractivity contribution in [3.05, 3.63) is 34.6 Å². The number of rotatable bonds is 2. The van der Waals surface area contributed by atoms with Gasteiger partial charge in [-0.1, -0.05) is 0 Å². The van der Waals surface area contributed by atoms with Gasteiger partial charge in [0.05, 0.1) is 17.7 Å². The molecule has 0 unspecified atom stereocenters. The third-order valence-electron chi connectivity index (χ3n) is 1.95. The van der Waals surface area contributed by atoms with Gasteiger partial charge in [-0.25, -0.2) is 4.98 Å². The Hall–Kier alpha value is -2.11. The Balaban J connectivity index is 2.29. The molecule has 2 rings (SSSR count). The first-order valence-corrected chi connectivity index (χ1v) is 4.47. The molecule has 78 valence electrons. The van der Waals surface area contributed by atoms with E-state index < -0.39 is 0 Å². The Bertz CT molecular complexity index is 527. The molecular formula is C9H11N5O. The van der Waals surface area contributed by atoms with Gasteiger partial charge in [-0.15, -0.1) is 0 Å². The van der Waals surface area contributed by atoms with E-state index in [1.165, 1.54) is 12.4 Å². The van der Waals surface area contributed by atoms with Crippen LogP contribution in [0.5, 0.6) is 0 Å². The standard InChI is InChI=1S/C9H11N5O/c1-6-7(4-14(2)13-6)12-8-3-9(15)11-5-10-8/h3-5H,1-2H3,(H2,10,11,12,15). The lowest BCUT2D eigenvalue weighted by molar-refractivity contribution is 0.756. The number of nitrogens with one attached hydrogen (secondary N) is 2. The minimum Gasteiger partial charge on any atom is -0.337 e. The van der Waals surface area contributed by atoms with E-state index in [9.17, 15) is 4.79 Å². The molecule has 6 nitrogen and oxygen atoms in total. The van der Waals surface area contributed by atoms with Crippen LogP contribution >= 0.6 is 0 Å². The van der Waals surface area contributed by atoms with E-state index in [2.05, 4.69) is 20.4 Å². The fourth-order valence-electron chi connectivity index (χ4n) is 1.30. The van der Waals surface area contributed by atoms with Crippen molar-refractivity contribution in [2.24, 2.45) is 7.05 Å². The monoisotopic (exact) mass is 205 g/mol. The fraction of sp³-hybridized carbons (Fsp3) is 0.222. The summed E-state index contributed by atoms with van der Waals surface area (Å²) >= 11 is 0. The van der Waals surface area contributed by atoms with Crippen LogP contribution in [0.4, 0.5) is 11.5 Å². The van der Waals surface area contributed by atoms with Crippen molar-refractivity contribution in [3.63, 3.8) is 0 Å². The highest BCUT2D eigenvalue weighted by atomic mass is 16.1. The predicted octanol–water partition coefficient (Wildman–Crippen LogP) is 0.555. The van der Waals surface area contributed by atoms with Crippen LogP contribution in [0.25, 0.3) is 0 Å². The molecule has 2 N–H and O–H groups in total. The summed E-state index contributed by atoms with van der Waals surface area (Å²) in [5.74, 6) is 0.509. The minimum absolute atomic E-state index is 0.186. The second kappa shape index (κ2) is 3.56. The molecule has 2 aromatic heterocycles. The van der Waals surface area contributed by atoms with Gasteiger partial charge < -0.3 is 10.3 Å². The van der Waals surface area contributed by atoms with Crippen molar-refractivity contribution < 1.29 is 0 Å². The molecule has 0 aliphatic carbocycles. The molecule has 0 aromatic carbocycles. The van der Waals surface area contributed by atoms with E-state index in [1.54, 1.807) is 4.68 Å². The maximum Gasteiger partial charge on any atom is 0.252 e. The summed E-state index contributed by atoms with van der Waals surface area (Å²) in [5, 5.41) is 7.19. The normalized spacial score (nSPS) is 10.3. The number of aromatic amines is 1. The summed E-state index contributed by atoms with van der Waals surface area (Å²) in [6.07, 6.45) is 3.19. The second-order valence-electron chi connectivity index (χ2n) is 3.22. The average molecular weight is 205 g/mol. The molecule has 0 spiro atoms. The lowest BCUT2D eigenvalue weighted by Gasteiger charge is -2.01. The first-order chi connectivity index (χ1) is 7.15. The fourth-order valence-corrected chi connectivity index (χ4v) is 1.30. The molecule has 0 bridgehead atoms. The van der Waals surface area contributed by atoms with Crippen LogP contribution in [0.15, 0.2) is 23.4 Å². The molecule has 0 saturated heterocycles. The van der Waals surface area contributed by atoms with Gasteiger partial charge in [0.2, 0.25) is 0 Å². The molecule has 0 aliphatic rings. The maximum atomic E-state index is 11.0. The molecule has 0 amide bonds. The predicted molar refractivity (Wildman–Crippen MR) is 56.1 cm³/mol. The zero-order valence-electron chi connectivity index (χ0n) is 8.48. The van der Waals surface area contributed by atoms with Crippen LogP contribution in [0.3, 0.4) is 0 Å². The number of anilines is 2. The van der Waals surface area contributed by atoms with Crippen LogP contribution < -0.4 is 10.9 Å². The lowest BCUT2D eigenvalue weighted by Crippen LogP contribution is -2.06. The minimum atomic E-state index is -0.186. The van der Waals surface area contributed by atoms with Gasteiger partial charge >= 0.3 is 0 Å². The van der Waals surface area contributed by atoms with Crippen LogP contribution in [0.2, 0.25) is 0 Å². The van der Waals surface area contributed by atoms with Crippen LogP contribution in [-0.2, 0) is 7.05 Å². The largest absolute Gasteiger partial charge is 0.337 e. The maximum absolute atomic E-state index is 11.0. The molecule has 0 atom stereocenters. The molecule has 6 heteroatoms. The van der Waals surface area contributed by atoms with E-state index >= 15 is 0 Å². The number of nitrogens with zero attached hydrogens (tertiary/aromatic N) is 3. The van der Waals surface area contributed by atoms with Crippen molar-refractivity contribution in [2.75, 3.05) is 5.32 Å². The molecule has 2 heterocycles. The summed E-state index contributed by atoms with van der Waals surface area (Å²) in [7, 11) is 1.84. The van der Waals surface area contributed by atoms with E-state index in [0.717, 1.165) is 11.4 Å². The average Bonchev–Trinajstić information content (AvgIpc) is 2.45. The zero-order chi connectivity index (χ0) is 10.8. The van der Waals surface area contributed by atoms with Gasteiger partial charge in [-0.05, 0) is 6.92 Å². The quantitative estimate of drug-likeness (QED) is 0.751. The molecule has 0 saturated carbocycles. The summed E-state index contributed by atoms with van der Waals surface area (Å²) in [6.45, 7) is 1.88. The molecular weight excluding hydrogens is 194 g/mol. The Labute approximate surface area is 86.0 Å². The van der Waals surface area contributed by atoms with Gasteiger partial charge in [0.15, 0.2) is 0 Å². The van der Waals surface area contributed by atoms with Gasteiger partial charge in [-0.3, -0.25) is 9.48 Å². The van der Waals surface area contributed by atoms with E-state index in [1.807, 2.05) is 20.2 Å². The molecule has 0 fully saturated rings. The number of aryl methyl sites for hydroxylation is 2. The van der Waals surface area contributed by atoms with Crippen molar-refractivity contribution in [2.45, 2.75) is 6.92 Å². The van der Waals surface area contributed by atoms with Gasteiger partial charge in [0.25, 0.3) is 5.56 Å². The van der Waals surface area contributed by atoms with Gasteiger partial charge in [-0.2, -0.15) is 5.10 Å². The highest BCUT2D eigenvalue weighted by Crippen LogP contribution is 2.15. The smallest absolute Gasteiger partial charge is 0.252 e. The van der Waals surface area contributed by atoms with Crippen molar-refractivity contribution in [3.8, 4) is 0 Å². The highest BCUT2D eigenvalue weighted by molar-refractivity contribution is 5.56. The SMILES string of the molecule is Cc1nn(C)cc1Nc1cc(=O)[nH]cn1. The number of hydrogen-bond donors (Lipinski definition) is 2. The molecule has 2 aromatic rings. The van der Waals surface area contributed by atoms with E-state index in [-0.39, 0.29) is 5.56 Å². The second-order valence-corrected chi connectivity index (χ2v) is 3.22. The van der Waals surface area contributed by atoms with Gasteiger partial charge in [0, 0.05) is 19.3 Å². The molecule has 15 heavy (non-hydrogen) atoms. The Morgan fingerprint density at radius 3 is 2.93 bits per heavy atom.